The molecule has 21 heavy (non-hydrogen) atoms. The van der Waals surface area contributed by atoms with E-state index in [-0.39, 0.29) is 29.7 Å². The van der Waals surface area contributed by atoms with E-state index in [9.17, 15) is 14.9 Å². The third kappa shape index (κ3) is 3.89. The van der Waals surface area contributed by atoms with E-state index in [0.717, 1.165) is 12.6 Å². The first kappa shape index (κ1) is 15.2. The van der Waals surface area contributed by atoms with Crippen LogP contribution in [0, 0.1) is 10.1 Å². The van der Waals surface area contributed by atoms with Crippen LogP contribution in [0.25, 0.3) is 0 Å². The number of rotatable bonds is 5. The Balaban J connectivity index is 2.08. The number of hydrogen-bond acceptors (Lipinski definition) is 6. The van der Waals surface area contributed by atoms with Gasteiger partial charge in [0.15, 0.2) is 0 Å². The topological polar surface area (TPSA) is 102 Å². The molecule has 0 aromatic heterocycles. The molecule has 0 saturated carbocycles. The zero-order chi connectivity index (χ0) is 15.4. The first-order chi connectivity index (χ1) is 9.97. The zero-order valence-electron chi connectivity index (χ0n) is 11.5. The van der Waals surface area contributed by atoms with E-state index in [0.29, 0.717) is 13.2 Å². The quantitative estimate of drug-likeness (QED) is 0.638. The number of carbonyl (C=O) groups is 1. The molecule has 1 heterocycles. The molecule has 1 saturated heterocycles. The predicted molar refractivity (Wildman–Crippen MR) is 72.8 cm³/mol. The fourth-order valence-corrected chi connectivity index (χ4v) is 2.07. The lowest BCUT2D eigenvalue weighted by molar-refractivity contribution is -0.384. The summed E-state index contributed by atoms with van der Waals surface area (Å²) in [6.45, 7) is 2.32. The first-order valence-corrected chi connectivity index (χ1v) is 6.42. The molecule has 1 fully saturated rings. The van der Waals surface area contributed by atoms with Crippen molar-refractivity contribution in [3.05, 3.63) is 33.9 Å². The Kier molecular flexibility index (Phi) is 4.71. The normalized spacial score (nSPS) is 19.2. The van der Waals surface area contributed by atoms with E-state index in [2.05, 4.69) is 4.90 Å². The maximum absolute atomic E-state index is 11.2. The summed E-state index contributed by atoms with van der Waals surface area (Å²) < 4.78 is 11.0. The molecule has 0 bridgehead atoms. The number of carboxylic acid groups (broad SMARTS) is 1. The summed E-state index contributed by atoms with van der Waals surface area (Å²) in [7, 11) is 1.96. The number of hydrogen-bond donors (Lipinski definition) is 1. The van der Waals surface area contributed by atoms with E-state index in [1.165, 1.54) is 12.1 Å². The van der Waals surface area contributed by atoms with Gasteiger partial charge < -0.3 is 19.5 Å². The summed E-state index contributed by atoms with van der Waals surface area (Å²) in [5, 5.41) is 19.8. The van der Waals surface area contributed by atoms with Crippen LogP contribution in [0.4, 0.5) is 5.69 Å². The molecule has 1 aliphatic heterocycles. The van der Waals surface area contributed by atoms with Gasteiger partial charge in [-0.15, -0.1) is 0 Å². The van der Waals surface area contributed by atoms with E-state index in [4.69, 9.17) is 14.6 Å². The largest absolute Gasteiger partial charge is 0.490 e. The van der Waals surface area contributed by atoms with Crippen LogP contribution in [0.1, 0.15) is 10.4 Å². The molecule has 0 radical (unpaired) electrons. The molecular formula is C13H16N2O6. The molecule has 0 spiro atoms. The van der Waals surface area contributed by atoms with Crippen molar-refractivity contribution in [2.75, 3.05) is 33.4 Å². The minimum atomic E-state index is -1.27. The molecule has 1 atom stereocenters. The number of benzene rings is 1. The van der Waals surface area contributed by atoms with Crippen LogP contribution in [-0.4, -0.2) is 60.4 Å². The highest BCUT2D eigenvalue weighted by Crippen LogP contribution is 2.24. The van der Waals surface area contributed by atoms with Crippen molar-refractivity contribution in [3.63, 3.8) is 0 Å². The number of morpholine rings is 1. The second-order valence-corrected chi connectivity index (χ2v) is 4.81. The molecular weight excluding hydrogens is 280 g/mol. The molecule has 1 aliphatic rings. The molecule has 0 aliphatic carbocycles. The van der Waals surface area contributed by atoms with Gasteiger partial charge in [0, 0.05) is 25.2 Å². The average Bonchev–Trinajstić information content (AvgIpc) is 2.44. The van der Waals surface area contributed by atoms with Gasteiger partial charge in [-0.3, -0.25) is 10.1 Å². The molecule has 114 valence electrons. The van der Waals surface area contributed by atoms with Crippen molar-refractivity contribution >= 4 is 11.7 Å². The Morgan fingerprint density at radius 2 is 2.38 bits per heavy atom. The predicted octanol–water partition coefficient (Wildman–Crippen LogP) is 1.00. The number of nitro groups is 1. The van der Waals surface area contributed by atoms with Gasteiger partial charge in [0.05, 0.1) is 11.5 Å². The van der Waals surface area contributed by atoms with Gasteiger partial charge in [-0.25, -0.2) is 4.79 Å². The highest BCUT2D eigenvalue weighted by Gasteiger charge is 2.21. The monoisotopic (exact) mass is 296 g/mol. The minimum absolute atomic E-state index is 0.102. The van der Waals surface area contributed by atoms with Crippen molar-refractivity contribution in [1.29, 1.82) is 0 Å². The summed E-state index contributed by atoms with van der Waals surface area (Å²) in [4.78, 5) is 23.3. The summed E-state index contributed by atoms with van der Waals surface area (Å²) >= 11 is 0. The van der Waals surface area contributed by atoms with Crippen molar-refractivity contribution < 1.29 is 24.3 Å². The molecule has 8 nitrogen and oxygen atoms in total. The molecule has 1 unspecified atom stereocenters. The smallest absolute Gasteiger partial charge is 0.339 e. The van der Waals surface area contributed by atoms with Crippen LogP contribution in [0.2, 0.25) is 0 Å². The van der Waals surface area contributed by atoms with Crippen molar-refractivity contribution in [1.82, 2.24) is 4.90 Å². The fraction of sp³-hybridized carbons (Fsp3) is 0.462. The van der Waals surface area contributed by atoms with Crippen LogP contribution < -0.4 is 4.74 Å². The highest BCUT2D eigenvalue weighted by atomic mass is 16.6. The van der Waals surface area contributed by atoms with Crippen LogP contribution in [0.15, 0.2) is 18.2 Å². The molecule has 2 rings (SSSR count). The second kappa shape index (κ2) is 6.51. The second-order valence-electron chi connectivity index (χ2n) is 4.81. The van der Waals surface area contributed by atoms with E-state index < -0.39 is 10.9 Å². The van der Waals surface area contributed by atoms with Gasteiger partial charge in [0.2, 0.25) is 0 Å². The van der Waals surface area contributed by atoms with Crippen LogP contribution >= 0.6 is 0 Å². The summed E-state index contributed by atoms with van der Waals surface area (Å²) in [6, 6.07) is 3.51. The highest BCUT2D eigenvalue weighted by molar-refractivity contribution is 5.91. The summed E-state index contributed by atoms with van der Waals surface area (Å²) in [6.07, 6.45) is -0.152. The molecule has 1 N–H and O–H groups in total. The fourth-order valence-electron chi connectivity index (χ4n) is 2.07. The van der Waals surface area contributed by atoms with Gasteiger partial charge in [0.25, 0.3) is 5.69 Å². The lowest BCUT2D eigenvalue weighted by Gasteiger charge is -2.29. The maximum Gasteiger partial charge on any atom is 0.339 e. The Morgan fingerprint density at radius 1 is 1.62 bits per heavy atom. The molecule has 1 aromatic rings. The summed E-state index contributed by atoms with van der Waals surface area (Å²) in [5.74, 6) is -1.17. The van der Waals surface area contributed by atoms with E-state index >= 15 is 0 Å². The maximum atomic E-state index is 11.2. The van der Waals surface area contributed by atoms with Gasteiger partial charge >= 0.3 is 5.97 Å². The number of carboxylic acids is 1. The standard InChI is InChI=1S/C13H16N2O6/c1-14-4-5-20-10(7-14)8-21-12-3-2-9(15(18)19)6-11(12)13(16)17/h2-3,6,10H,4-5,7-8H2,1H3,(H,16,17). The third-order valence-corrected chi connectivity index (χ3v) is 3.17. The number of nitrogens with zero attached hydrogens (tertiary/aromatic N) is 2. The number of likely N-dealkylation sites (N-methyl/N-ethyl adjacent to an activating group) is 1. The van der Waals surface area contributed by atoms with Crippen molar-refractivity contribution in [2.24, 2.45) is 0 Å². The third-order valence-electron chi connectivity index (χ3n) is 3.17. The summed E-state index contributed by atoms with van der Waals surface area (Å²) in [5.41, 5.74) is -0.512. The SMILES string of the molecule is CN1CCOC(COc2ccc([N+](=O)[O-])cc2C(=O)O)C1. The molecule has 0 amide bonds. The van der Waals surface area contributed by atoms with E-state index in [1.54, 1.807) is 0 Å². The minimum Gasteiger partial charge on any atom is -0.490 e. The number of aromatic carboxylic acids is 1. The Morgan fingerprint density at radius 3 is 3.00 bits per heavy atom. The Hall–Kier alpha value is -2.19. The number of non-ortho nitro benzene ring substituents is 1. The number of ether oxygens (including phenoxy) is 2. The van der Waals surface area contributed by atoms with Crippen LogP contribution in [-0.2, 0) is 4.74 Å². The van der Waals surface area contributed by atoms with E-state index in [1.807, 2.05) is 7.05 Å². The average molecular weight is 296 g/mol. The van der Waals surface area contributed by atoms with Gasteiger partial charge in [-0.05, 0) is 13.1 Å². The van der Waals surface area contributed by atoms with Crippen LogP contribution in [0.5, 0.6) is 5.75 Å². The van der Waals surface area contributed by atoms with Crippen molar-refractivity contribution in [2.45, 2.75) is 6.10 Å². The molecule has 8 heteroatoms. The number of nitro benzene ring substituents is 1. The lowest BCUT2D eigenvalue weighted by atomic mass is 10.2. The molecule has 1 aromatic carbocycles. The van der Waals surface area contributed by atoms with Gasteiger partial charge in [-0.1, -0.05) is 0 Å². The first-order valence-electron chi connectivity index (χ1n) is 6.42. The van der Waals surface area contributed by atoms with Gasteiger partial charge in [-0.2, -0.15) is 0 Å². The Bertz CT molecular complexity index is 547. The lowest BCUT2D eigenvalue weighted by Crippen LogP contribution is -2.42. The zero-order valence-corrected chi connectivity index (χ0v) is 11.5. The van der Waals surface area contributed by atoms with Crippen molar-refractivity contribution in [3.8, 4) is 5.75 Å². The Labute approximate surface area is 121 Å². The van der Waals surface area contributed by atoms with Gasteiger partial charge in [0.1, 0.15) is 24.0 Å². The van der Waals surface area contributed by atoms with Crippen LogP contribution in [0.3, 0.4) is 0 Å².